The van der Waals surface area contributed by atoms with E-state index in [2.05, 4.69) is 5.10 Å². The third-order valence-electron chi connectivity index (χ3n) is 5.74. The predicted molar refractivity (Wildman–Crippen MR) is 117 cm³/mol. The number of amides is 2. The summed E-state index contributed by atoms with van der Waals surface area (Å²) in [5, 5.41) is 12.9. The van der Waals surface area contributed by atoms with E-state index in [-0.39, 0.29) is 30.0 Å². The molecule has 4 rings (SSSR count). The number of rotatable bonds is 4. The number of urea groups is 1. The van der Waals surface area contributed by atoms with Gasteiger partial charge >= 0.3 is 18.4 Å². The largest absolute Gasteiger partial charge is 0.416 e. The molecule has 1 fully saturated rings. The molecule has 1 saturated heterocycles. The van der Waals surface area contributed by atoms with E-state index >= 15 is 0 Å². The van der Waals surface area contributed by atoms with Crippen molar-refractivity contribution in [3.8, 4) is 0 Å². The summed E-state index contributed by atoms with van der Waals surface area (Å²) in [7, 11) is 1.55. The lowest BCUT2D eigenvalue weighted by Crippen LogP contribution is -2.30. The second-order valence-electron chi connectivity index (χ2n) is 7.95. The van der Waals surface area contributed by atoms with Gasteiger partial charge in [-0.05, 0) is 48.4 Å². The van der Waals surface area contributed by atoms with Crippen molar-refractivity contribution >= 4 is 28.8 Å². The van der Waals surface area contributed by atoms with Crippen molar-refractivity contribution in [2.24, 2.45) is 0 Å². The second-order valence-corrected chi connectivity index (χ2v) is 7.95. The molecule has 2 heterocycles. The van der Waals surface area contributed by atoms with Crippen molar-refractivity contribution < 1.29 is 31.1 Å². The number of nitrogens with zero attached hydrogens (tertiary/aromatic N) is 4. The number of carbonyl (C=O) groups is 1. The molecule has 1 N–H and O–H groups in total. The molecule has 0 saturated carbocycles. The van der Waals surface area contributed by atoms with Crippen LogP contribution < -0.4 is 0 Å². The summed E-state index contributed by atoms with van der Waals surface area (Å²) in [6, 6.07) is 6.19. The van der Waals surface area contributed by atoms with E-state index in [9.17, 15) is 31.1 Å². The van der Waals surface area contributed by atoms with E-state index in [0.29, 0.717) is 34.8 Å². The molecule has 0 aliphatic carbocycles. The Morgan fingerprint density at radius 2 is 1.74 bits per heavy atom. The number of hydrogen-bond acceptors (Lipinski definition) is 3. The van der Waals surface area contributed by atoms with Gasteiger partial charge in [-0.2, -0.15) is 31.4 Å². The minimum absolute atomic E-state index is 0.0535. The second kappa shape index (κ2) is 8.43. The average molecular weight is 495 g/mol. The van der Waals surface area contributed by atoms with Crippen LogP contribution in [-0.2, 0) is 18.9 Å². The SMILES string of the molecule is CCN1C(=N)/C(=C/c2ccc3c(cnn3Cc3ccc(C(F)(F)F)cc3C(F)(F)F)c2)N(C)C1=O. The first kappa shape index (κ1) is 24.3. The van der Waals surface area contributed by atoms with E-state index in [0.717, 1.165) is 6.07 Å². The average Bonchev–Trinajstić information content (AvgIpc) is 3.26. The zero-order chi connectivity index (χ0) is 25.7. The van der Waals surface area contributed by atoms with Crippen LogP contribution in [-0.4, -0.2) is 45.0 Å². The van der Waals surface area contributed by atoms with Crippen LogP contribution in [0.25, 0.3) is 17.0 Å². The van der Waals surface area contributed by atoms with Crippen LogP contribution in [0.2, 0.25) is 0 Å². The number of carbonyl (C=O) groups excluding carboxylic acids is 1. The van der Waals surface area contributed by atoms with E-state index in [4.69, 9.17) is 5.41 Å². The molecule has 35 heavy (non-hydrogen) atoms. The van der Waals surface area contributed by atoms with Gasteiger partial charge in [-0.3, -0.25) is 19.9 Å². The van der Waals surface area contributed by atoms with Gasteiger partial charge in [-0.15, -0.1) is 0 Å². The highest BCUT2D eigenvalue weighted by Gasteiger charge is 2.38. The number of hydrogen-bond donors (Lipinski definition) is 1. The topological polar surface area (TPSA) is 65.2 Å². The summed E-state index contributed by atoms with van der Waals surface area (Å²) in [6.07, 6.45) is -6.79. The Kier molecular flexibility index (Phi) is 5.86. The molecule has 0 radical (unpaired) electrons. The van der Waals surface area contributed by atoms with Crippen LogP contribution >= 0.6 is 0 Å². The van der Waals surface area contributed by atoms with E-state index in [1.165, 1.54) is 20.7 Å². The van der Waals surface area contributed by atoms with Crippen LogP contribution in [0.15, 0.2) is 48.3 Å². The fraction of sp³-hybridized carbons (Fsp3) is 0.261. The monoisotopic (exact) mass is 495 g/mol. The van der Waals surface area contributed by atoms with Crippen LogP contribution in [0, 0.1) is 5.41 Å². The minimum Gasteiger partial charge on any atom is -0.293 e. The number of benzene rings is 2. The first-order valence-corrected chi connectivity index (χ1v) is 10.4. The van der Waals surface area contributed by atoms with Gasteiger partial charge < -0.3 is 0 Å². The van der Waals surface area contributed by atoms with Crippen molar-refractivity contribution in [2.45, 2.75) is 25.8 Å². The summed E-state index contributed by atoms with van der Waals surface area (Å²) in [4.78, 5) is 14.9. The molecule has 1 aromatic heterocycles. The fourth-order valence-corrected chi connectivity index (χ4v) is 3.93. The number of fused-ring (bicyclic) bond motifs is 1. The molecule has 3 aromatic rings. The van der Waals surface area contributed by atoms with Crippen molar-refractivity contribution in [1.82, 2.24) is 19.6 Å². The van der Waals surface area contributed by atoms with Gasteiger partial charge in [-0.25, -0.2) is 4.79 Å². The van der Waals surface area contributed by atoms with Crippen molar-refractivity contribution in [3.05, 3.63) is 70.5 Å². The van der Waals surface area contributed by atoms with Crippen LogP contribution in [0.5, 0.6) is 0 Å². The Morgan fingerprint density at radius 3 is 2.34 bits per heavy atom. The van der Waals surface area contributed by atoms with Crippen LogP contribution in [0.4, 0.5) is 31.1 Å². The smallest absolute Gasteiger partial charge is 0.293 e. The zero-order valence-corrected chi connectivity index (χ0v) is 18.5. The molecular weight excluding hydrogens is 476 g/mol. The van der Waals surface area contributed by atoms with Crippen molar-refractivity contribution in [2.75, 3.05) is 13.6 Å². The molecule has 1 aliphatic heterocycles. The number of halogens is 6. The maximum atomic E-state index is 13.5. The molecule has 0 unspecified atom stereocenters. The summed E-state index contributed by atoms with van der Waals surface area (Å²) in [6.45, 7) is 1.71. The summed E-state index contributed by atoms with van der Waals surface area (Å²) in [5.74, 6) is 0.0535. The molecule has 184 valence electrons. The van der Waals surface area contributed by atoms with Gasteiger partial charge in [0.05, 0.1) is 35.1 Å². The Bertz CT molecular complexity index is 1350. The highest BCUT2D eigenvalue weighted by atomic mass is 19.4. The molecule has 2 aromatic carbocycles. The molecule has 2 amide bonds. The molecule has 6 nitrogen and oxygen atoms in total. The van der Waals surface area contributed by atoms with E-state index in [1.807, 2.05) is 0 Å². The number of likely N-dealkylation sites (N-methyl/N-ethyl adjacent to an activating group) is 2. The Hall–Kier alpha value is -3.83. The minimum atomic E-state index is -4.97. The molecule has 12 heteroatoms. The first-order valence-electron chi connectivity index (χ1n) is 10.4. The predicted octanol–water partition coefficient (Wildman–Crippen LogP) is 5.83. The number of alkyl halides is 6. The highest BCUT2D eigenvalue weighted by molar-refractivity contribution is 6.15. The highest BCUT2D eigenvalue weighted by Crippen LogP contribution is 2.37. The van der Waals surface area contributed by atoms with Crippen molar-refractivity contribution in [1.29, 1.82) is 5.41 Å². The lowest BCUT2D eigenvalue weighted by Gasteiger charge is -2.16. The number of aromatic nitrogens is 2. The Morgan fingerprint density at radius 1 is 1.03 bits per heavy atom. The summed E-state index contributed by atoms with van der Waals surface area (Å²) < 4.78 is 80.6. The van der Waals surface area contributed by atoms with Gasteiger partial charge in [0, 0.05) is 19.0 Å². The van der Waals surface area contributed by atoms with Crippen LogP contribution in [0.3, 0.4) is 0 Å². The van der Waals surface area contributed by atoms with E-state index in [1.54, 1.807) is 38.2 Å². The maximum absolute atomic E-state index is 13.5. The van der Waals surface area contributed by atoms with E-state index < -0.39 is 23.5 Å². The first-order chi connectivity index (χ1) is 16.3. The molecule has 1 aliphatic rings. The lowest BCUT2D eigenvalue weighted by atomic mass is 10.0. The van der Waals surface area contributed by atoms with Gasteiger partial charge in [0.2, 0.25) is 0 Å². The molecule has 0 spiro atoms. The third kappa shape index (κ3) is 4.47. The van der Waals surface area contributed by atoms with Gasteiger partial charge in [0.1, 0.15) is 0 Å². The molecule has 0 atom stereocenters. The summed E-state index contributed by atoms with van der Waals surface area (Å²) >= 11 is 0. The fourth-order valence-electron chi connectivity index (χ4n) is 3.93. The molecular formula is C23H19F6N5O. The number of nitrogens with one attached hydrogen (secondary N) is 1. The quantitative estimate of drug-likeness (QED) is 0.463. The van der Waals surface area contributed by atoms with Gasteiger partial charge in [0.25, 0.3) is 0 Å². The third-order valence-corrected chi connectivity index (χ3v) is 5.74. The number of amidine groups is 1. The lowest BCUT2D eigenvalue weighted by molar-refractivity contribution is -0.143. The Labute approximate surface area is 195 Å². The zero-order valence-electron chi connectivity index (χ0n) is 18.5. The standard InChI is InChI=1S/C23H19F6N5O/c1-3-33-20(30)19(32(2)21(33)35)9-13-4-7-18-15(8-13)11-31-34(18)12-14-5-6-16(22(24,25)26)10-17(14)23(27,28)29/h4-11,30H,3,12H2,1-2H3/b19-9-,30-20?. The van der Waals surface area contributed by atoms with Crippen LogP contribution in [0.1, 0.15) is 29.2 Å². The maximum Gasteiger partial charge on any atom is 0.416 e. The van der Waals surface area contributed by atoms with Crippen molar-refractivity contribution in [3.63, 3.8) is 0 Å². The van der Waals surface area contributed by atoms with Gasteiger partial charge in [0.15, 0.2) is 5.84 Å². The normalized spacial score (nSPS) is 16.3. The Balaban J connectivity index is 1.68. The van der Waals surface area contributed by atoms with Gasteiger partial charge in [-0.1, -0.05) is 12.1 Å². The summed E-state index contributed by atoms with van der Waals surface area (Å²) in [5.41, 5.74) is -1.59. The molecule has 0 bridgehead atoms.